The van der Waals surface area contributed by atoms with Crippen molar-refractivity contribution in [3.05, 3.63) is 44.9 Å². The number of aromatic nitrogens is 1. The number of amides is 3. The Morgan fingerprint density at radius 1 is 1.29 bits per heavy atom. The molecule has 0 spiro atoms. The van der Waals surface area contributed by atoms with Crippen LogP contribution in [0.4, 0.5) is 5.13 Å². The van der Waals surface area contributed by atoms with Crippen molar-refractivity contribution in [2.75, 3.05) is 11.9 Å². The summed E-state index contributed by atoms with van der Waals surface area (Å²) in [5.41, 5.74) is 0.808. The van der Waals surface area contributed by atoms with E-state index >= 15 is 0 Å². The molecule has 0 aliphatic carbocycles. The number of fused-ring (bicyclic) bond motifs is 1. The van der Waals surface area contributed by atoms with Crippen LogP contribution in [0.5, 0.6) is 0 Å². The minimum absolute atomic E-state index is 0.177. The van der Waals surface area contributed by atoms with E-state index in [0.717, 1.165) is 9.35 Å². The first-order chi connectivity index (χ1) is 11.5. The molecule has 0 unspecified atom stereocenters. The lowest BCUT2D eigenvalue weighted by molar-refractivity contribution is -0.116. The second-order valence-corrected chi connectivity index (χ2v) is 7.53. The van der Waals surface area contributed by atoms with Crippen LogP contribution in [0.2, 0.25) is 0 Å². The molecule has 1 N–H and O–H groups in total. The lowest BCUT2D eigenvalue weighted by Crippen LogP contribution is -2.31. The minimum Gasteiger partial charge on any atom is -0.302 e. The second kappa shape index (κ2) is 6.82. The third-order valence-corrected chi connectivity index (χ3v) is 4.91. The zero-order chi connectivity index (χ0) is 17.3. The predicted molar refractivity (Wildman–Crippen MR) is 94.2 cm³/mol. The van der Waals surface area contributed by atoms with Crippen LogP contribution in [0.25, 0.3) is 0 Å². The summed E-state index contributed by atoms with van der Waals surface area (Å²) in [6.45, 7) is 2.13. The zero-order valence-electron chi connectivity index (χ0n) is 12.8. The van der Waals surface area contributed by atoms with Gasteiger partial charge in [-0.25, -0.2) is 4.98 Å². The Morgan fingerprint density at radius 3 is 2.75 bits per heavy atom. The molecule has 2 aromatic rings. The Bertz CT molecular complexity index is 834. The van der Waals surface area contributed by atoms with E-state index in [1.165, 1.54) is 16.2 Å². The van der Waals surface area contributed by atoms with Crippen molar-refractivity contribution < 1.29 is 14.4 Å². The quantitative estimate of drug-likeness (QED) is 0.771. The van der Waals surface area contributed by atoms with E-state index in [4.69, 9.17) is 0 Å². The molecular weight excluding hydrogens is 394 g/mol. The molecule has 0 atom stereocenters. The number of halogens is 1. The van der Waals surface area contributed by atoms with Crippen molar-refractivity contribution in [2.24, 2.45) is 0 Å². The summed E-state index contributed by atoms with van der Waals surface area (Å²) in [6.07, 6.45) is 2.32. The summed E-state index contributed by atoms with van der Waals surface area (Å²) < 4.78 is 0.752. The molecule has 8 heteroatoms. The topological polar surface area (TPSA) is 79.4 Å². The van der Waals surface area contributed by atoms with E-state index in [-0.39, 0.29) is 30.7 Å². The van der Waals surface area contributed by atoms with Gasteiger partial charge in [-0.3, -0.25) is 19.3 Å². The fourth-order valence-corrected chi connectivity index (χ4v) is 3.50. The SMILES string of the molecule is Cc1cnc(NC(=O)CCCN2C(=O)c3ccc(Br)cc3C2=O)s1. The van der Waals surface area contributed by atoms with E-state index in [1.807, 2.05) is 6.92 Å². The molecular formula is C16H14BrN3O3S. The maximum atomic E-state index is 12.3. The molecule has 0 fully saturated rings. The van der Waals surface area contributed by atoms with Gasteiger partial charge in [-0.05, 0) is 31.5 Å². The number of anilines is 1. The van der Waals surface area contributed by atoms with E-state index in [0.29, 0.717) is 22.7 Å². The van der Waals surface area contributed by atoms with Gasteiger partial charge in [0.1, 0.15) is 0 Å². The Kier molecular flexibility index (Phi) is 4.77. The Hall–Kier alpha value is -2.06. The van der Waals surface area contributed by atoms with Crippen molar-refractivity contribution >= 4 is 50.1 Å². The Morgan fingerprint density at radius 2 is 2.04 bits per heavy atom. The van der Waals surface area contributed by atoms with Gasteiger partial charge in [0, 0.05) is 28.5 Å². The molecule has 24 heavy (non-hydrogen) atoms. The zero-order valence-corrected chi connectivity index (χ0v) is 15.2. The van der Waals surface area contributed by atoms with Crippen LogP contribution in [-0.2, 0) is 4.79 Å². The summed E-state index contributed by atoms with van der Waals surface area (Å²) in [5.74, 6) is -0.797. The van der Waals surface area contributed by atoms with Gasteiger partial charge in [0.05, 0.1) is 11.1 Å². The van der Waals surface area contributed by atoms with Crippen LogP contribution >= 0.6 is 27.3 Å². The molecule has 1 aliphatic rings. The lowest BCUT2D eigenvalue weighted by Gasteiger charge is -2.13. The van der Waals surface area contributed by atoms with Gasteiger partial charge in [-0.1, -0.05) is 15.9 Å². The van der Waals surface area contributed by atoms with Gasteiger partial charge in [-0.15, -0.1) is 11.3 Å². The Balaban J connectivity index is 1.55. The maximum absolute atomic E-state index is 12.3. The number of hydrogen-bond acceptors (Lipinski definition) is 5. The van der Waals surface area contributed by atoms with Crippen LogP contribution in [0.3, 0.4) is 0 Å². The highest BCUT2D eigenvalue weighted by Crippen LogP contribution is 2.26. The molecule has 124 valence electrons. The van der Waals surface area contributed by atoms with Crippen LogP contribution in [0.15, 0.2) is 28.9 Å². The molecule has 3 rings (SSSR count). The van der Waals surface area contributed by atoms with Gasteiger partial charge in [0.2, 0.25) is 5.91 Å². The third kappa shape index (κ3) is 3.39. The van der Waals surface area contributed by atoms with Gasteiger partial charge in [-0.2, -0.15) is 0 Å². The normalized spacial score (nSPS) is 13.3. The van der Waals surface area contributed by atoms with E-state index in [2.05, 4.69) is 26.2 Å². The van der Waals surface area contributed by atoms with Crippen LogP contribution in [0, 0.1) is 6.92 Å². The minimum atomic E-state index is -0.313. The predicted octanol–water partition coefficient (Wildman–Crippen LogP) is 3.23. The molecule has 0 saturated carbocycles. The number of nitrogens with zero attached hydrogens (tertiary/aromatic N) is 2. The Labute approximate surface area is 151 Å². The first kappa shape index (κ1) is 16.8. The fraction of sp³-hybridized carbons (Fsp3) is 0.250. The van der Waals surface area contributed by atoms with Crippen LogP contribution in [-0.4, -0.2) is 34.2 Å². The molecule has 2 heterocycles. The van der Waals surface area contributed by atoms with Crippen molar-refractivity contribution in [1.29, 1.82) is 0 Å². The smallest absolute Gasteiger partial charge is 0.261 e. The van der Waals surface area contributed by atoms with E-state index in [9.17, 15) is 14.4 Å². The molecule has 1 aliphatic heterocycles. The molecule has 1 aromatic carbocycles. The summed E-state index contributed by atoms with van der Waals surface area (Å²) in [4.78, 5) is 42.7. The van der Waals surface area contributed by atoms with Crippen molar-refractivity contribution in [3.8, 4) is 0 Å². The third-order valence-electron chi connectivity index (χ3n) is 3.59. The van der Waals surface area contributed by atoms with Crippen molar-refractivity contribution in [3.63, 3.8) is 0 Å². The number of carbonyl (C=O) groups is 3. The highest BCUT2D eigenvalue weighted by atomic mass is 79.9. The monoisotopic (exact) mass is 407 g/mol. The van der Waals surface area contributed by atoms with Gasteiger partial charge < -0.3 is 5.32 Å². The van der Waals surface area contributed by atoms with Gasteiger partial charge >= 0.3 is 0 Å². The summed E-state index contributed by atoms with van der Waals surface area (Å²) in [5, 5.41) is 3.27. The standard InChI is InChI=1S/C16H14BrN3O3S/c1-9-8-18-16(24-9)19-13(21)3-2-6-20-14(22)11-5-4-10(17)7-12(11)15(20)23/h4-5,7-8H,2-3,6H2,1H3,(H,18,19,21). The lowest BCUT2D eigenvalue weighted by atomic mass is 10.1. The largest absolute Gasteiger partial charge is 0.302 e. The number of nitrogens with one attached hydrogen (secondary N) is 1. The first-order valence-corrected chi connectivity index (χ1v) is 8.94. The first-order valence-electron chi connectivity index (χ1n) is 7.34. The molecule has 1 aromatic heterocycles. The van der Waals surface area contributed by atoms with Crippen LogP contribution < -0.4 is 5.32 Å². The molecule has 0 radical (unpaired) electrons. The highest BCUT2D eigenvalue weighted by molar-refractivity contribution is 9.10. The fourth-order valence-electron chi connectivity index (χ4n) is 2.46. The second-order valence-electron chi connectivity index (χ2n) is 5.38. The van der Waals surface area contributed by atoms with E-state index in [1.54, 1.807) is 24.4 Å². The number of rotatable bonds is 5. The molecule has 3 amide bonds. The number of aryl methyl sites for hydroxylation is 1. The van der Waals surface area contributed by atoms with E-state index < -0.39 is 0 Å². The average molecular weight is 408 g/mol. The number of imide groups is 1. The molecule has 0 saturated heterocycles. The van der Waals surface area contributed by atoms with Gasteiger partial charge in [0.15, 0.2) is 5.13 Å². The summed E-state index contributed by atoms with van der Waals surface area (Å²) >= 11 is 4.70. The number of thiazole rings is 1. The summed E-state index contributed by atoms with van der Waals surface area (Å²) in [6, 6.07) is 5.02. The van der Waals surface area contributed by atoms with Crippen LogP contribution in [0.1, 0.15) is 38.4 Å². The summed E-state index contributed by atoms with van der Waals surface area (Å²) in [7, 11) is 0. The van der Waals surface area contributed by atoms with Gasteiger partial charge in [0.25, 0.3) is 11.8 Å². The number of carbonyl (C=O) groups excluding carboxylic acids is 3. The number of benzene rings is 1. The molecule has 0 bridgehead atoms. The number of hydrogen-bond donors (Lipinski definition) is 1. The van der Waals surface area contributed by atoms with Crippen molar-refractivity contribution in [2.45, 2.75) is 19.8 Å². The average Bonchev–Trinajstić information content (AvgIpc) is 3.04. The maximum Gasteiger partial charge on any atom is 0.261 e. The van der Waals surface area contributed by atoms with Crippen molar-refractivity contribution in [1.82, 2.24) is 9.88 Å². The highest BCUT2D eigenvalue weighted by Gasteiger charge is 2.35. The molecule has 6 nitrogen and oxygen atoms in total.